The van der Waals surface area contributed by atoms with Crippen LogP contribution in [-0.2, 0) is 0 Å². The number of hydrogen-bond donors (Lipinski definition) is 3. The predicted molar refractivity (Wildman–Crippen MR) is 98.1 cm³/mol. The Morgan fingerprint density at radius 2 is 1.46 bits per heavy atom. The van der Waals surface area contributed by atoms with Crippen molar-refractivity contribution in [3.8, 4) is 5.75 Å². The van der Waals surface area contributed by atoms with E-state index in [9.17, 15) is 0 Å². The Hall–Kier alpha value is -2.61. The molecule has 0 unspecified atom stereocenters. The SMILES string of the molecule is CC.CCN(C)c1nc(N)nc(N(C)CO)n1.Oc1ccccc1. The van der Waals surface area contributed by atoms with Crippen molar-refractivity contribution < 1.29 is 10.2 Å². The summed E-state index contributed by atoms with van der Waals surface area (Å²) in [5, 5.41) is 17.6. The molecular formula is C16H28N6O2. The highest BCUT2D eigenvalue weighted by Crippen LogP contribution is 2.12. The van der Waals surface area contributed by atoms with Gasteiger partial charge in [0.1, 0.15) is 12.5 Å². The number of phenols is 1. The van der Waals surface area contributed by atoms with E-state index < -0.39 is 0 Å². The molecule has 1 aromatic heterocycles. The molecule has 0 aliphatic rings. The first-order valence-electron chi connectivity index (χ1n) is 7.76. The fourth-order valence-electron chi connectivity index (χ4n) is 1.34. The summed E-state index contributed by atoms with van der Waals surface area (Å²) in [7, 11) is 3.53. The molecule has 2 aromatic rings. The zero-order chi connectivity index (χ0) is 18.5. The van der Waals surface area contributed by atoms with Crippen molar-refractivity contribution in [1.82, 2.24) is 15.0 Å². The van der Waals surface area contributed by atoms with Crippen LogP contribution in [0.4, 0.5) is 17.8 Å². The van der Waals surface area contributed by atoms with Crippen LogP contribution in [0.3, 0.4) is 0 Å². The lowest BCUT2D eigenvalue weighted by Gasteiger charge is -2.18. The van der Waals surface area contributed by atoms with E-state index in [0.29, 0.717) is 17.6 Å². The van der Waals surface area contributed by atoms with Crippen LogP contribution in [-0.4, -0.2) is 52.5 Å². The number of phenolic OH excluding ortho intramolecular Hbond substituents is 1. The summed E-state index contributed by atoms with van der Waals surface area (Å²) >= 11 is 0. The number of aromatic nitrogens is 3. The molecule has 0 bridgehead atoms. The molecule has 0 saturated carbocycles. The van der Waals surface area contributed by atoms with Gasteiger partial charge >= 0.3 is 0 Å². The monoisotopic (exact) mass is 336 g/mol. The largest absolute Gasteiger partial charge is 0.508 e. The van der Waals surface area contributed by atoms with Crippen LogP contribution in [0.25, 0.3) is 0 Å². The third-order valence-corrected chi connectivity index (χ3v) is 2.75. The quantitative estimate of drug-likeness (QED) is 0.724. The molecule has 0 spiro atoms. The van der Waals surface area contributed by atoms with Crippen molar-refractivity contribution in [3.05, 3.63) is 30.3 Å². The molecule has 0 aliphatic carbocycles. The van der Waals surface area contributed by atoms with Gasteiger partial charge in [0.2, 0.25) is 17.8 Å². The third-order valence-electron chi connectivity index (χ3n) is 2.75. The second-order valence-corrected chi connectivity index (χ2v) is 4.48. The zero-order valence-corrected chi connectivity index (χ0v) is 15.0. The van der Waals surface area contributed by atoms with Crippen LogP contribution in [0.1, 0.15) is 20.8 Å². The normalized spacial score (nSPS) is 9.08. The van der Waals surface area contributed by atoms with Crippen molar-refractivity contribution in [1.29, 1.82) is 0 Å². The van der Waals surface area contributed by atoms with Gasteiger partial charge in [0.15, 0.2) is 0 Å². The Labute approximate surface area is 143 Å². The number of nitrogen functional groups attached to an aromatic ring is 1. The average Bonchev–Trinajstić information content (AvgIpc) is 2.62. The summed E-state index contributed by atoms with van der Waals surface area (Å²) < 4.78 is 0. The lowest BCUT2D eigenvalue weighted by molar-refractivity contribution is 0.296. The van der Waals surface area contributed by atoms with Crippen molar-refractivity contribution >= 4 is 17.8 Å². The summed E-state index contributed by atoms with van der Waals surface area (Å²) in [5.41, 5.74) is 5.55. The Balaban J connectivity index is 0.000000488. The number of aliphatic hydroxyl groups is 1. The number of nitrogens with zero attached hydrogens (tertiary/aromatic N) is 5. The molecule has 0 saturated heterocycles. The summed E-state index contributed by atoms with van der Waals surface area (Å²) in [6.45, 7) is 6.58. The molecule has 1 heterocycles. The second kappa shape index (κ2) is 11.9. The van der Waals surface area contributed by atoms with E-state index in [1.54, 1.807) is 31.3 Å². The van der Waals surface area contributed by atoms with E-state index in [4.69, 9.17) is 15.9 Å². The van der Waals surface area contributed by atoms with Crippen molar-refractivity contribution in [2.75, 3.05) is 42.9 Å². The van der Waals surface area contributed by atoms with Crippen molar-refractivity contribution in [3.63, 3.8) is 0 Å². The highest BCUT2D eigenvalue weighted by molar-refractivity contribution is 5.42. The molecule has 0 amide bonds. The van der Waals surface area contributed by atoms with Gasteiger partial charge in [-0.2, -0.15) is 15.0 Å². The maximum absolute atomic E-state index is 8.94. The van der Waals surface area contributed by atoms with Gasteiger partial charge in [-0.3, -0.25) is 0 Å². The van der Waals surface area contributed by atoms with Crippen LogP contribution in [0.5, 0.6) is 5.75 Å². The summed E-state index contributed by atoms with van der Waals surface area (Å²) in [6, 6.07) is 8.71. The van der Waals surface area contributed by atoms with Gasteiger partial charge in [-0.25, -0.2) is 0 Å². The molecule has 8 nitrogen and oxygen atoms in total. The molecule has 0 radical (unpaired) electrons. The van der Waals surface area contributed by atoms with Gasteiger partial charge < -0.3 is 25.7 Å². The van der Waals surface area contributed by atoms with E-state index in [0.717, 1.165) is 6.54 Å². The fraction of sp³-hybridized carbons (Fsp3) is 0.438. The van der Waals surface area contributed by atoms with E-state index in [1.165, 1.54) is 4.90 Å². The average molecular weight is 336 g/mol. The first-order chi connectivity index (χ1) is 11.5. The van der Waals surface area contributed by atoms with Crippen molar-refractivity contribution in [2.24, 2.45) is 0 Å². The number of anilines is 3. The minimum Gasteiger partial charge on any atom is -0.508 e. The van der Waals surface area contributed by atoms with Crippen LogP contribution in [0.15, 0.2) is 30.3 Å². The molecule has 2 rings (SSSR count). The predicted octanol–water partition coefficient (Wildman–Crippen LogP) is 1.71. The smallest absolute Gasteiger partial charge is 0.233 e. The van der Waals surface area contributed by atoms with Gasteiger partial charge in [-0.1, -0.05) is 32.0 Å². The van der Waals surface area contributed by atoms with E-state index >= 15 is 0 Å². The highest BCUT2D eigenvalue weighted by Gasteiger charge is 2.10. The minimum absolute atomic E-state index is 0.149. The van der Waals surface area contributed by atoms with Crippen LogP contribution < -0.4 is 15.5 Å². The molecule has 0 atom stereocenters. The molecular weight excluding hydrogens is 308 g/mol. The van der Waals surface area contributed by atoms with E-state index in [-0.39, 0.29) is 12.7 Å². The van der Waals surface area contributed by atoms with Gasteiger partial charge in [-0.15, -0.1) is 0 Å². The van der Waals surface area contributed by atoms with Crippen LogP contribution >= 0.6 is 0 Å². The Morgan fingerprint density at radius 3 is 1.83 bits per heavy atom. The lowest BCUT2D eigenvalue weighted by atomic mass is 10.3. The van der Waals surface area contributed by atoms with E-state index in [2.05, 4.69) is 15.0 Å². The topological polar surface area (TPSA) is 112 Å². The standard InChI is InChI=1S/C8H16N6O.C6H6O.C2H6/c1-4-13(2)7-10-6(9)11-8(12-7)14(3)5-15;7-6-4-2-1-3-5-6;1-2/h15H,4-5H2,1-3H3,(H2,9,10,11,12);1-5,7H;1-2H3. The molecule has 0 aliphatic heterocycles. The molecule has 4 N–H and O–H groups in total. The van der Waals surface area contributed by atoms with Gasteiger partial charge in [0.25, 0.3) is 0 Å². The maximum Gasteiger partial charge on any atom is 0.233 e. The zero-order valence-electron chi connectivity index (χ0n) is 15.0. The number of aromatic hydroxyl groups is 1. The summed E-state index contributed by atoms with van der Waals surface area (Å²) in [6.07, 6.45) is 0. The molecule has 8 heteroatoms. The Bertz CT molecular complexity index is 539. The molecule has 0 fully saturated rings. The number of para-hydroxylation sites is 1. The van der Waals surface area contributed by atoms with Crippen LogP contribution in [0, 0.1) is 0 Å². The minimum atomic E-state index is -0.168. The highest BCUT2D eigenvalue weighted by atomic mass is 16.3. The van der Waals surface area contributed by atoms with Crippen LogP contribution in [0.2, 0.25) is 0 Å². The second-order valence-electron chi connectivity index (χ2n) is 4.48. The first kappa shape index (κ1) is 21.4. The summed E-state index contributed by atoms with van der Waals surface area (Å²) in [4.78, 5) is 15.4. The lowest BCUT2D eigenvalue weighted by Crippen LogP contribution is -2.25. The maximum atomic E-state index is 8.94. The van der Waals surface area contributed by atoms with Gasteiger partial charge in [-0.05, 0) is 19.1 Å². The Morgan fingerprint density at radius 1 is 0.958 bits per heavy atom. The first-order valence-corrected chi connectivity index (χ1v) is 7.76. The number of rotatable bonds is 4. The van der Waals surface area contributed by atoms with Gasteiger partial charge in [0.05, 0.1) is 0 Å². The molecule has 134 valence electrons. The summed E-state index contributed by atoms with van der Waals surface area (Å²) in [5.74, 6) is 1.33. The number of hydrogen-bond acceptors (Lipinski definition) is 8. The van der Waals surface area contributed by atoms with Gasteiger partial charge in [0, 0.05) is 20.6 Å². The van der Waals surface area contributed by atoms with E-state index in [1.807, 2.05) is 38.8 Å². The number of nitrogens with two attached hydrogens (primary N) is 1. The fourth-order valence-corrected chi connectivity index (χ4v) is 1.34. The number of aliphatic hydroxyl groups excluding tert-OH is 1. The van der Waals surface area contributed by atoms with Crippen molar-refractivity contribution in [2.45, 2.75) is 20.8 Å². The molecule has 1 aromatic carbocycles. The Kier molecular flexibility index (Phi) is 10.6. The number of benzene rings is 1. The molecule has 24 heavy (non-hydrogen) atoms. The third kappa shape index (κ3) is 7.59.